The van der Waals surface area contributed by atoms with E-state index >= 15 is 0 Å². The highest BCUT2D eigenvalue weighted by atomic mass is 32.2. The van der Waals surface area contributed by atoms with Gasteiger partial charge in [0.05, 0.1) is 4.90 Å². The van der Waals surface area contributed by atoms with Crippen molar-refractivity contribution in [2.75, 3.05) is 0 Å². The molecule has 0 spiro atoms. The maximum absolute atomic E-state index is 10.8. The van der Waals surface area contributed by atoms with Crippen molar-refractivity contribution >= 4 is 16.1 Å². The molecule has 1 aromatic rings. The fraction of sp³-hybridized carbons (Fsp3) is 0. The van der Waals surface area contributed by atoms with Gasteiger partial charge in [-0.2, -0.15) is 8.42 Å². The molecule has 0 aliphatic rings. The normalized spacial score (nSPS) is 10.7. The first-order chi connectivity index (χ1) is 6.93. The third-order valence-corrected chi connectivity index (χ3v) is 2.37. The minimum absolute atomic E-state index is 0.173. The molecule has 0 heterocycles. The highest BCUT2D eigenvalue weighted by molar-refractivity contribution is 7.85. The van der Waals surface area contributed by atoms with Gasteiger partial charge < -0.3 is 4.74 Å². The molecule has 5 nitrogen and oxygen atoms in total. The van der Waals surface area contributed by atoms with Crippen molar-refractivity contribution < 1.29 is 22.5 Å². The minimum Gasteiger partial charge on any atom is -0.423 e. The van der Waals surface area contributed by atoms with Gasteiger partial charge in [-0.25, -0.2) is 4.79 Å². The summed E-state index contributed by atoms with van der Waals surface area (Å²) in [4.78, 5) is 10.5. The molecule has 0 atom stereocenters. The van der Waals surface area contributed by atoms with Gasteiger partial charge >= 0.3 is 5.97 Å². The van der Waals surface area contributed by atoms with Gasteiger partial charge in [0.2, 0.25) is 0 Å². The molecule has 0 aromatic heterocycles. The zero-order valence-corrected chi connectivity index (χ0v) is 8.40. The lowest BCUT2D eigenvalue weighted by Crippen LogP contribution is -2.03. The van der Waals surface area contributed by atoms with Crippen LogP contribution in [0, 0.1) is 0 Å². The van der Waals surface area contributed by atoms with Gasteiger partial charge in [0.15, 0.2) is 0 Å². The fourth-order valence-corrected chi connectivity index (χ4v) is 1.32. The molecule has 80 valence electrons. The Morgan fingerprint density at radius 3 is 2.27 bits per heavy atom. The van der Waals surface area contributed by atoms with Crippen LogP contribution in [0.5, 0.6) is 5.75 Å². The maximum Gasteiger partial charge on any atom is 0.335 e. The molecule has 0 saturated heterocycles. The number of ether oxygens (including phenoxy) is 1. The zero-order chi connectivity index (χ0) is 11.5. The number of hydrogen-bond donors (Lipinski definition) is 1. The van der Waals surface area contributed by atoms with Crippen molar-refractivity contribution in [2.45, 2.75) is 4.90 Å². The van der Waals surface area contributed by atoms with Crippen LogP contribution < -0.4 is 4.74 Å². The number of carbonyl (C=O) groups is 1. The summed E-state index contributed by atoms with van der Waals surface area (Å²) in [5.41, 5.74) is 0. The first kappa shape index (κ1) is 11.4. The minimum atomic E-state index is -4.21. The molecule has 0 bridgehead atoms. The van der Waals surface area contributed by atoms with Crippen LogP contribution in [0.15, 0.2) is 41.8 Å². The topological polar surface area (TPSA) is 80.7 Å². The summed E-state index contributed by atoms with van der Waals surface area (Å²) in [5.74, 6) is -0.470. The van der Waals surface area contributed by atoms with E-state index in [1.165, 1.54) is 12.1 Å². The second-order valence-corrected chi connectivity index (χ2v) is 3.99. The van der Waals surface area contributed by atoms with E-state index in [0.717, 1.165) is 18.2 Å². The van der Waals surface area contributed by atoms with Gasteiger partial charge in [-0.15, -0.1) is 0 Å². The molecule has 1 rings (SSSR count). The molecule has 6 heteroatoms. The predicted octanol–water partition coefficient (Wildman–Crippen LogP) is 1.02. The molecule has 0 unspecified atom stereocenters. The Hall–Kier alpha value is -1.66. The molecule has 0 radical (unpaired) electrons. The number of esters is 1. The van der Waals surface area contributed by atoms with Crippen molar-refractivity contribution in [3.63, 3.8) is 0 Å². The average molecular weight is 228 g/mol. The summed E-state index contributed by atoms with van der Waals surface area (Å²) >= 11 is 0. The van der Waals surface area contributed by atoms with Crippen LogP contribution in [0.4, 0.5) is 0 Å². The lowest BCUT2D eigenvalue weighted by atomic mass is 10.3. The third-order valence-electron chi connectivity index (χ3n) is 1.51. The second kappa shape index (κ2) is 4.24. The molecule has 1 N–H and O–H groups in total. The molecule has 0 saturated carbocycles. The summed E-state index contributed by atoms with van der Waals surface area (Å²) in [6.45, 7) is 3.20. The van der Waals surface area contributed by atoms with E-state index in [1.807, 2.05) is 0 Å². The summed E-state index contributed by atoms with van der Waals surface area (Å²) in [6.07, 6.45) is 0.983. The number of carbonyl (C=O) groups excluding carboxylic acids is 1. The number of hydrogen-bond acceptors (Lipinski definition) is 4. The van der Waals surface area contributed by atoms with Crippen LogP contribution in [0.3, 0.4) is 0 Å². The lowest BCUT2D eigenvalue weighted by Gasteiger charge is -2.01. The van der Waals surface area contributed by atoms with Crippen LogP contribution >= 0.6 is 0 Å². The molecule has 1 aromatic carbocycles. The van der Waals surface area contributed by atoms with E-state index in [4.69, 9.17) is 9.29 Å². The van der Waals surface area contributed by atoms with Crippen molar-refractivity contribution in [3.05, 3.63) is 36.9 Å². The van der Waals surface area contributed by atoms with Gasteiger partial charge in [-0.1, -0.05) is 6.58 Å². The monoisotopic (exact) mass is 228 g/mol. The van der Waals surface area contributed by atoms with Gasteiger partial charge in [0, 0.05) is 6.08 Å². The smallest absolute Gasteiger partial charge is 0.335 e. The van der Waals surface area contributed by atoms with Crippen LogP contribution in [0.25, 0.3) is 0 Å². The molecular formula is C9H8O5S. The third kappa shape index (κ3) is 3.19. The molecular weight excluding hydrogens is 220 g/mol. The Balaban J connectivity index is 2.91. The Bertz CT molecular complexity index is 472. The fourth-order valence-electron chi connectivity index (χ4n) is 0.837. The zero-order valence-electron chi connectivity index (χ0n) is 7.58. The molecule has 15 heavy (non-hydrogen) atoms. The largest absolute Gasteiger partial charge is 0.423 e. The number of benzene rings is 1. The van der Waals surface area contributed by atoms with E-state index in [1.54, 1.807) is 0 Å². The average Bonchev–Trinajstić information content (AvgIpc) is 2.17. The van der Waals surface area contributed by atoms with Crippen molar-refractivity contribution in [3.8, 4) is 5.75 Å². The molecule has 0 fully saturated rings. The summed E-state index contributed by atoms with van der Waals surface area (Å²) in [5, 5.41) is 0. The van der Waals surface area contributed by atoms with Gasteiger partial charge in [-0.3, -0.25) is 4.55 Å². The van der Waals surface area contributed by atoms with E-state index in [0.29, 0.717) is 0 Å². The molecule has 0 amide bonds. The number of rotatable bonds is 3. The predicted molar refractivity (Wildman–Crippen MR) is 52.1 cm³/mol. The molecule has 0 aliphatic heterocycles. The summed E-state index contributed by atoms with van der Waals surface area (Å²) in [6, 6.07) is 4.76. The van der Waals surface area contributed by atoms with Crippen LogP contribution in [0.2, 0.25) is 0 Å². The van der Waals surface area contributed by atoms with Crippen molar-refractivity contribution in [1.29, 1.82) is 0 Å². The Morgan fingerprint density at radius 1 is 1.33 bits per heavy atom. The van der Waals surface area contributed by atoms with Crippen molar-refractivity contribution in [1.82, 2.24) is 0 Å². The quantitative estimate of drug-likeness (QED) is 0.361. The van der Waals surface area contributed by atoms with E-state index in [-0.39, 0.29) is 10.6 Å². The lowest BCUT2D eigenvalue weighted by molar-refractivity contribution is -0.128. The standard InChI is InChI=1S/C9H8O5S/c1-2-9(10)14-7-3-5-8(6-4-7)15(11,12)13/h2-6H,1H2,(H,11,12,13). The van der Waals surface area contributed by atoms with E-state index < -0.39 is 16.1 Å². The SMILES string of the molecule is C=CC(=O)Oc1ccc(S(=O)(=O)O)cc1. The van der Waals surface area contributed by atoms with Crippen LogP contribution in [-0.2, 0) is 14.9 Å². The van der Waals surface area contributed by atoms with Crippen molar-refractivity contribution in [2.24, 2.45) is 0 Å². The van der Waals surface area contributed by atoms with E-state index in [2.05, 4.69) is 6.58 Å². The highest BCUT2D eigenvalue weighted by Gasteiger charge is 2.09. The van der Waals surface area contributed by atoms with Gasteiger partial charge in [0.1, 0.15) is 5.75 Å². The maximum atomic E-state index is 10.8. The first-order valence-corrected chi connectivity index (χ1v) is 5.29. The van der Waals surface area contributed by atoms with Crippen LogP contribution in [-0.4, -0.2) is 18.9 Å². The van der Waals surface area contributed by atoms with Crippen LogP contribution in [0.1, 0.15) is 0 Å². The molecule has 0 aliphatic carbocycles. The Kier molecular flexibility index (Phi) is 3.23. The van der Waals surface area contributed by atoms with E-state index in [9.17, 15) is 13.2 Å². The van der Waals surface area contributed by atoms with Gasteiger partial charge in [-0.05, 0) is 24.3 Å². The Labute approximate surface area is 86.7 Å². The summed E-state index contributed by atoms with van der Waals surface area (Å²) in [7, 11) is -4.21. The van der Waals surface area contributed by atoms with Gasteiger partial charge in [0.25, 0.3) is 10.1 Å². The highest BCUT2D eigenvalue weighted by Crippen LogP contribution is 2.15. The Morgan fingerprint density at radius 2 is 1.87 bits per heavy atom. The summed E-state index contributed by atoms with van der Waals surface area (Å²) < 4.78 is 34.7. The second-order valence-electron chi connectivity index (χ2n) is 2.57. The first-order valence-electron chi connectivity index (χ1n) is 3.85.